The van der Waals surface area contributed by atoms with E-state index in [4.69, 9.17) is 4.74 Å². The van der Waals surface area contributed by atoms with Crippen LogP contribution in [0, 0.1) is 23.7 Å². The van der Waals surface area contributed by atoms with Crippen LogP contribution in [0.2, 0.25) is 0 Å². The Balaban J connectivity index is 1.99. The summed E-state index contributed by atoms with van der Waals surface area (Å²) in [5, 5.41) is 18.0. The van der Waals surface area contributed by atoms with E-state index in [0.717, 1.165) is 5.56 Å². The van der Waals surface area contributed by atoms with Crippen LogP contribution in [0.5, 0.6) is 0 Å². The van der Waals surface area contributed by atoms with E-state index in [-0.39, 0.29) is 55.0 Å². The van der Waals surface area contributed by atoms with Crippen molar-refractivity contribution in [2.75, 3.05) is 13.2 Å². The van der Waals surface area contributed by atoms with E-state index in [0.29, 0.717) is 25.8 Å². The Bertz CT molecular complexity index is 874. The molecule has 0 saturated carbocycles. The van der Waals surface area contributed by atoms with Crippen molar-refractivity contribution in [3.05, 3.63) is 35.9 Å². The van der Waals surface area contributed by atoms with Crippen LogP contribution in [0.15, 0.2) is 30.3 Å². The fourth-order valence-corrected chi connectivity index (χ4v) is 4.44. The summed E-state index contributed by atoms with van der Waals surface area (Å²) in [6, 6.07) is 7.88. The van der Waals surface area contributed by atoms with Crippen LogP contribution in [-0.2, 0) is 25.7 Å². The second kappa shape index (κ2) is 14.6. The number of alkyl carbamates (subject to hydrolysis) is 1. The van der Waals surface area contributed by atoms with E-state index in [1.807, 2.05) is 58.0 Å². The van der Waals surface area contributed by atoms with Gasteiger partial charge < -0.3 is 25.8 Å². The average molecular weight is 504 g/mol. The Morgan fingerprint density at radius 1 is 1.11 bits per heavy atom. The minimum Gasteiger partial charge on any atom is -0.445 e. The molecule has 1 aliphatic rings. The Morgan fingerprint density at radius 2 is 1.81 bits per heavy atom. The number of nitrogens with one attached hydrogen (secondary N) is 3. The molecule has 1 aliphatic heterocycles. The van der Waals surface area contributed by atoms with Crippen molar-refractivity contribution in [1.29, 1.82) is 0 Å². The molecule has 4 N–H and O–H groups in total. The molecule has 0 bridgehead atoms. The maximum absolute atomic E-state index is 13.2. The molecule has 1 heterocycles. The molecule has 1 aromatic carbocycles. The molecule has 0 aromatic heterocycles. The van der Waals surface area contributed by atoms with Gasteiger partial charge in [0, 0.05) is 24.8 Å². The predicted octanol–water partition coefficient (Wildman–Crippen LogP) is 2.56. The lowest BCUT2D eigenvalue weighted by Crippen LogP contribution is -2.47. The highest BCUT2D eigenvalue weighted by molar-refractivity contribution is 5.92. The molecule has 0 aliphatic carbocycles. The van der Waals surface area contributed by atoms with E-state index in [2.05, 4.69) is 16.0 Å². The second-order valence-electron chi connectivity index (χ2n) is 10.3. The monoisotopic (exact) mass is 503 g/mol. The van der Waals surface area contributed by atoms with Gasteiger partial charge in [0.15, 0.2) is 5.78 Å². The lowest BCUT2D eigenvalue weighted by Gasteiger charge is -2.26. The summed E-state index contributed by atoms with van der Waals surface area (Å²) in [4.78, 5) is 50.6. The lowest BCUT2D eigenvalue weighted by molar-refractivity contribution is -0.132. The molecule has 0 radical (unpaired) electrons. The Hall–Kier alpha value is -2.94. The van der Waals surface area contributed by atoms with Crippen molar-refractivity contribution in [2.24, 2.45) is 23.7 Å². The summed E-state index contributed by atoms with van der Waals surface area (Å²) in [6.45, 7) is 7.98. The average Bonchev–Trinajstić information content (AvgIpc) is 3.24. The molecule has 9 nitrogen and oxygen atoms in total. The summed E-state index contributed by atoms with van der Waals surface area (Å²) in [5.41, 5.74) is 0.835. The van der Waals surface area contributed by atoms with Crippen LogP contribution < -0.4 is 16.0 Å². The first kappa shape index (κ1) is 29.3. The van der Waals surface area contributed by atoms with Gasteiger partial charge >= 0.3 is 6.09 Å². The first-order chi connectivity index (χ1) is 17.1. The SMILES string of the molecule is CC(C)C[C@H](CC(=O)[C@@H](NC(=O)OCc1ccccc1)C(C)C)C(=O)N[C@H](CO)C[C@@H]1CCNC1=O. The van der Waals surface area contributed by atoms with Gasteiger partial charge in [-0.3, -0.25) is 14.4 Å². The highest BCUT2D eigenvalue weighted by Gasteiger charge is 2.32. The van der Waals surface area contributed by atoms with Crippen LogP contribution in [0.1, 0.15) is 58.9 Å². The molecule has 1 fully saturated rings. The number of rotatable bonds is 14. The third-order valence-electron chi connectivity index (χ3n) is 6.37. The van der Waals surface area contributed by atoms with Crippen LogP contribution in [-0.4, -0.2) is 54.0 Å². The third-order valence-corrected chi connectivity index (χ3v) is 6.37. The van der Waals surface area contributed by atoms with E-state index in [1.165, 1.54) is 0 Å². The number of ketones is 1. The van der Waals surface area contributed by atoms with Gasteiger partial charge in [-0.2, -0.15) is 0 Å². The number of aliphatic hydroxyl groups excluding tert-OH is 1. The third kappa shape index (κ3) is 9.60. The van der Waals surface area contributed by atoms with Crippen LogP contribution in [0.4, 0.5) is 4.79 Å². The highest BCUT2D eigenvalue weighted by Crippen LogP contribution is 2.21. The van der Waals surface area contributed by atoms with Crippen molar-refractivity contribution in [2.45, 2.75) is 72.1 Å². The Labute approximate surface area is 213 Å². The van der Waals surface area contributed by atoms with Gasteiger partial charge in [0.2, 0.25) is 11.8 Å². The number of aliphatic hydroxyl groups is 1. The van der Waals surface area contributed by atoms with E-state index in [1.54, 1.807) is 0 Å². The minimum absolute atomic E-state index is 0.0477. The number of ether oxygens (including phenoxy) is 1. The molecule has 3 amide bonds. The van der Waals surface area contributed by atoms with Gasteiger partial charge in [-0.15, -0.1) is 0 Å². The summed E-state index contributed by atoms with van der Waals surface area (Å²) in [5.74, 6) is -1.56. The molecule has 9 heteroatoms. The van der Waals surface area contributed by atoms with Gasteiger partial charge in [-0.05, 0) is 36.7 Å². The van der Waals surface area contributed by atoms with E-state index in [9.17, 15) is 24.3 Å². The summed E-state index contributed by atoms with van der Waals surface area (Å²) in [6.07, 6.45) is 0.753. The number of hydrogen-bond donors (Lipinski definition) is 4. The number of benzene rings is 1. The van der Waals surface area contributed by atoms with Crippen LogP contribution in [0.3, 0.4) is 0 Å². The first-order valence-corrected chi connectivity index (χ1v) is 12.8. The summed E-state index contributed by atoms with van der Waals surface area (Å²) in [7, 11) is 0. The predicted molar refractivity (Wildman–Crippen MR) is 136 cm³/mol. The fourth-order valence-electron chi connectivity index (χ4n) is 4.44. The Kier molecular flexibility index (Phi) is 11.9. The van der Waals surface area contributed by atoms with E-state index < -0.39 is 24.1 Å². The molecular formula is C27H41N3O6. The summed E-state index contributed by atoms with van der Waals surface area (Å²) >= 11 is 0. The zero-order valence-corrected chi connectivity index (χ0v) is 21.8. The zero-order valence-electron chi connectivity index (χ0n) is 21.8. The Morgan fingerprint density at radius 3 is 2.36 bits per heavy atom. The smallest absolute Gasteiger partial charge is 0.408 e. The van der Waals surface area contributed by atoms with Gasteiger partial charge in [0.05, 0.1) is 18.7 Å². The van der Waals surface area contributed by atoms with Gasteiger partial charge in [-0.1, -0.05) is 58.0 Å². The van der Waals surface area contributed by atoms with E-state index >= 15 is 0 Å². The molecule has 0 spiro atoms. The quantitative estimate of drug-likeness (QED) is 0.308. The maximum atomic E-state index is 13.2. The topological polar surface area (TPSA) is 134 Å². The number of hydrogen-bond acceptors (Lipinski definition) is 6. The van der Waals surface area contributed by atoms with Gasteiger partial charge in [0.1, 0.15) is 6.61 Å². The van der Waals surface area contributed by atoms with Crippen molar-refractivity contribution in [1.82, 2.24) is 16.0 Å². The largest absolute Gasteiger partial charge is 0.445 e. The van der Waals surface area contributed by atoms with Crippen molar-refractivity contribution >= 4 is 23.7 Å². The lowest BCUT2D eigenvalue weighted by atomic mass is 9.87. The maximum Gasteiger partial charge on any atom is 0.408 e. The van der Waals surface area contributed by atoms with Crippen LogP contribution >= 0.6 is 0 Å². The molecule has 0 unspecified atom stereocenters. The molecule has 1 saturated heterocycles. The highest BCUT2D eigenvalue weighted by atomic mass is 16.5. The van der Waals surface area contributed by atoms with Crippen molar-refractivity contribution < 1.29 is 29.0 Å². The molecule has 1 aromatic rings. The number of amides is 3. The standard InChI is InChI=1S/C27H41N3O6/c1-17(2)12-21(26(34)29-22(15-31)13-20-10-11-28-25(20)33)14-23(32)24(18(3)4)30-27(35)36-16-19-8-6-5-7-9-19/h5-9,17-18,20-22,24,31H,10-16H2,1-4H3,(H,28,33)(H,29,34)(H,30,35)/t20-,21+,22-,24-/m0/s1. The molecule has 200 valence electrons. The molecule has 2 rings (SSSR count). The number of carbonyl (C=O) groups is 4. The number of Topliss-reactive ketones (excluding diaryl/α,β-unsaturated/α-hetero) is 1. The number of carbonyl (C=O) groups excluding carboxylic acids is 4. The van der Waals surface area contributed by atoms with Gasteiger partial charge in [0.25, 0.3) is 0 Å². The fraction of sp³-hybridized carbons (Fsp3) is 0.630. The molecule has 36 heavy (non-hydrogen) atoms. The minimum atomic E-state index is -0.799. The van der Waals surface area contributed by atoms with Crippen molar-refractivity contribution in [3.8, 4) is 0 Å². The van der Waals surface area contributed by atoms with Gasteiger partial charge in [-0.25, -0.2) is 4.79 Å². The molecular weight excluding hydrogens is 462 g/mol. The van der Waals surface area contributed by atoms with Crippen LogP contribution in [0.25, 0.3) is 0 Å². The summed E-state index contributed by atoms with van der Waals surface area (Å²) < 4.78 is 5.27. The first-order valence-electron chi connectivity index (χ1n) is 12.8. The molecule has 4 atom stereocenters. The normalized spacial score (nSPS) is 17.9. The zero-order chi connectivity index (χ0) is 26.7. The second-order valence-corrected chi connectivity index (χ2v) is 10.3. The van der Waals surface area contributed by atoms with Crippen molar-refractivity contribution in [3.63, 3.8) is 0 Å².